The first kappa shape index (κ1) is 14.6. The number of hydrogen-bond acceptors (Lipinski definition) is 3. The highest BCUT2D eigenvalue weighted by molar-refractivity contribution is 5.92. The number of amides is 1. The van der Waals surface area contributed by atoms with Crippen molar-refractivity contribution in [3.8, 4) is 0 Å². The number of rotatable bonds is 3. The van der Waals surface area contributed by atoms with Crippen LogP contribution in [-0.2, 0) is 4.79 Å². The first-order chi connectivity index (χ1) is 10.3. The highest BCUT2D eigenvalue weighted by atomic mass is 16.1. The Bertz CT molecular complexity index is 457. The van der Waals surface area contributed by atoms with E-state index >= 15 is 0 Å². The van der Waals surface area contributed by atoms with Gasteiger partial charge in [-0.25, -0.2) is 0 Å². The fourth-order valence-electron chi connectivity index (χ4n) is 3.46. The van der Waals surface area contributed by atoms with E-state index in [0.29, 0.717) is 6.04 Å². The fraction of sp³-hybridized carbons (Fsp3) is 0.750. The van der Waals surface area contributed by atoms with Gasteiger partial charge in [0.2, 0.25) is 5.91 Å². The van der Waals surface area contributed by atoms with Gasteiger partial charge in [0, 0.05) is 12.1 Å². The van der Waals surface area contributed by atoms with Crippen molar-refractivity contribution < 1.29 is 4.79 Å². The molecule has 116 valence electrons. The molecule has 1 aliphatic heterocycles. The van der Waals surface area contributed by atoms with Crippen molar-refractivity contribution in [2.45, 2.75) is 57.4 Å². The van der Waals surface area contributed by atoms with E-state index < -0.39 is 0 Å². The second-order valence-electron chi connectivity index (χ2n) is 6.37. The van der Waals surface area contributed by atoms with E-state index in [2.05, 4.69) is 15.7 Å². The van der Waals surface area contributed by atoms with E-state index in [0.717, 1.165) is 44.5 Å². The summed E-state index contributed by atoms with van der Waals surface area (Å²) in [6.45, 7) is 2.10. The molecule has 0 unspecified atom stereocenters. The molecule has 5 heteroatoms. The number of piperidine rings is 1. The van der Waals surface area contributed by atoms with Crippen molar-refractivity contribution >= 4 is 11.6 Å². The molecule has 2 aliphatic rings. The molecule has 3 rings (SSSR count). The van der Waals surface area contributed by atoms with Gasteiger partial charge in [-0.15, -0.1) is 0 Å². The summed E-state index contributed by atoms with van der Waals surface area (Å²) in [5.74, 6) is 0.372. The minimum Gasteiger partial charge on any atom is -0.323 e. The quantitative estimate of drug-likeness (QED) is 0.842. The van der Waals surface area contributed by atoms with Gasteiger partial charge < -0.3 is 10.6 Å². The fourth-order valence-corrected chi connectivity index (χ4v) is 3.46. The molecule has 0 spiro atoms. The number of carbonyl (C=O) groups excluding carboxylic acids is 1. The normalized spacial score (nSPS) is 21.9. The van der Waals surface area contributed by atoms with E-state index in [1.54, 1.807) is 6.20 Å². The van der Waals surface area contributed by atoms with Crippen molar-refractivity contribution in [3.05, 3.63) is 12.4 Å². The lowest BCUT2D eigenvalue weighted by molar-refractivity contribution is -0.120. The van der Waals surface area contributed by atoms with Crippen LogP contribution in [0.1, 0.15) is 57.4 Å². The van der Waals surface area contributed by atoms with Crippen LogP contribution in [0.4, 0.5) is 5.69 Å². The van der Waals surface area contributed by atoms with E-state index in [4.69, 9.17) is 0 Å². The van der Waals surface area contributed by atoms with Crippen LogP contribution in [0.5, 0.6) is 0 Å². The van der Waals surface area contributed by atoms with Gasteiger partial charge in [-0.1, -0.05) is 25.7 Å². The topological polar surface area (TPSA) is 59.0 Å². The SMILES string of the molecule is O=C(Nc1cnn(C2CCNCC2)c1)C1CCCCCC1. The lowest BCUT2D eigenvalue weighted by atomic mass is 9.99. The van der Waals surface area contributed by atoms with Gasteiger partial charge in [-0.3, -0.25) is 9.48 Å². The predicted molar refractivity (Wildman–Crippen MR) is 83.2 cm³/mol. The molecule has 1 aliphatic carbocycles. The molecule has 1 saturated heterocycles. The average molecular weight is 290 g/mol. The van der Waals surface area contributed by atoms with Crippen LogP contribution in [0.15, 0.2) is 12.4 Å². The molecule has 1 aromatic heterocycles. The molecule has 0 radical (unpaired) electrons. The standard InChI is InChI=1S/C16H26N4O/c21-16(13-5-3-1-2-4-6-13)19-14-11-18-20(12-14)15-7-9-17-10-8-15/h11-13,15,17H,1-10H2,(H,19,21). The molecule has 21 heavy (non-hydrogen) atoms. The van der Waals surface area contributed by atoms with Gasteiger partial charge in [0.25, 0.3) is 0 Å². The number of anilines is 1. The molecule has 2 heterocycles. The molecule has 0 aromatic carbocycles. The third-order valence-electron chi connectivity index (χ3n) is 4.78. The summed E-state index contributed by atoms with van der Waals surface area (Å²) in [4.78, 5) is 12.3. The number of hydrogen-bond donors (Lipinski definition) is 2. The minimum atomic E-state index is 0.182. The minimum absolute atomic E-state index is 0.182. The molecule has 2 fully saturated rings. The Balaban J connectivity index is 1.57. The molecular weight excluding hydrogens is 264 g/mol. The van der Waals surface area contributed by atoms with Gasteiger partial charge in [-0.2, -0.15) is 5.10 Å². The molecule has 1 amide bonds. The Morgan fingerprint density at radius 3 is 2.57 bits per heavy atom. The first-order valence-corrected chi connectivity index (χ1v) is 8.38. The number of carbonyl (C=O) groups is 1. The maximum absolute atomic E-state index is 12.3. The number of aromatic nitrogens is 2. The average Bonchev–Trinajstić information content (AvgIpc) is 2.81. The third kappa shape index (κ3) is 3.84. The molecule has 2 N–H and O–H groups in total. The summed E-state index contributed by atoms with van der Waals surface area (Å²) in [7, 11) is 0. The van der Waals surface area contributed by atoms with E-state index in [1.807, 2.05) is 10.9 Å². The molecule has 0 atom stereocenters. The van der Waals surface area contributed by atoms with Crippen LogP contribution >= 0.6 is 0 Å². The van der Waals surface area contributed by atoms with Crippen LogP contribution in [0.3, 0.4) is 0 Å². The second-order valence-corrected chi connectivity index (χ2v) is 6.37. The van der Waals surface area contributed by atoms with Gasteiger partial charge >= 0.3 is 0 Å². The Labute approximate surface area is 126 Å². The molecular formula is C16H26N4O. The Morgan fingerprint density at radius 2 is 1.86 bits per heavy atom. The smallest absolute Gasteiger partial charge is 0.227 e. The zero-order valence-electron chi connectivity index (χ0n) is 12.7. The molecule has 1 aromatic rings. The monoisotopic (exact) mass is 290 g/mol. The Kier molecular flexibility index (Phi) is 4.91. The summed E-state index contributed by atoms with van der Waals surface area (Å²) < 4.78 is 2.02. The highest BCUT2D eigenvalue weighted by Gasteiger charge is 2.21. The second kappa shape index (κ2) is 7.07. The Morgan fingerprint density at radius 1 is 1.14 bits per heavy atom. The van der Waals surface area contributed by atoms with Crippen LogP contribution < -0.4 is 10.6 Å². The van der Waals surface area contributed by atoms with Crippen LogP contribution in [0.25, 0.3) is 0 Å². The number of nitrogens with zero attached hydrogens (tertiary/aromatic N) is 2. The number of nitrogens with one attached hydrogen (secondary N) is 2. The maximum Gasteiger partial charge on any atom is 0.227 e. The van der Waals surface area contributed by atoms with Gasteiger partial charge in [0.05, 0.1) is 17.9 Å². The third-order valence-corrected chi connectivity index (χ3v) is 4.78. The summed E-state index contributed by atoms with van der Waals surface area (Å²) in [5, 5.41) is 10.9. The maximum atomic E-state index is 12.3. The van der Waals surface area contributed by atoms with Gasteiger partial charge in [0.15, 0.2) is 0 Å². The van der Waals surface area contributed by atoms with Crippen molar-refractivity contribution in [1.82, 2.24) is 15.1 Å². The molecule has 0 bridgehead atoms. The summed E-state index contributed by atoms with van der Waals surface area (Å²) in [5.41, 5.74) is 0.850. The summed E-state index contributed by atoms with van der Waals surface area (Å²) in [6.07, 6.45) is 13.0. The predicted octanol–water partition coefficient (Wildman–Crippen LogP) is 2.72. The zero-order valence-corrected chi connectivity index (χ0v) is 12.7. The van der Waals surface area contributed by atoms with Crippen molar-refractivity contribution in [3.63, 3.8) is 0 Å². The van der Waals surface area contributed by atoms with E-state index in [-0.39, 0.29) is 11.8 Å². The van der Waals surface area contributed by atoms with E-state index in [1.165, 1.54) is 25.7 Å². The molecule has 1 saturated carbocycles. The summed E-state index contributed by atoms with van der Waals surface area (Å²) >= 11 is 0. The van der Waals surface area contributed by atoms with Crippen molar-refractivity contribution in [1.29, 1.82) is 0 Å². The largest absolute Gasteiger partial charge is 0.323 e. The first-order valence-electron chi connectivity index (χ1n) is 8.38. The van der Waals surface area contributed by atoms with Crippen molar-refractivity contribution in [2.75, 3.05) is 18.4 Å². The van der Waals surface area contributed by atoms with E-state index in [9.17, 15) is 4.79 Å². The lowest BCUT2D eigenvalue weighted by Crippen LogP contribution is -2.29. The Hall–Kier alpha value is -1.36. The van der Waals surface area contributed by atoms with Crippen LogP contribution in [0.2, 0.25) is 0 Å². The van der Waals surface area contributed by atoms with Crippen LogP contribution in [0, 0.1) is 5.92 Å². The van der Waals surface area contributed by atoms with Crippen LogP contribution in [-0.4, -0.2) is 28.8 Å². The van der Waals surface area contributed by atoms with Gasteiger partial charge in [0.1, 0.15) is 0 Å². The zero-order chi connectivity index (χ0) is 14.5. The molecule has 5 nitrogen and oxygen atoms in total. The van der Waals surface area contributed by atoms with Gasteiger partial charge in [-0.05, 0) is 38.8 Å². The summed E-state index contributed by atoms with van der Waals surface area (Å²) in [6, 6.07) is 0.467. The van der Waals surface area contributed by atoms with Crippen molar-refractivity contribution in [2.24, 2.45) is 5.92 Å². The lowest BCUT2D eigenvalue weighted by Gasteiger charge is -2.22. The highest BCUT2D eigenvalue weighted by Crippen LogP contribution is 2.25.